The molecule has 1 aromatic rings. The van der Waals surface area contributed by atoms with Crippen LogP contribution in [-0.2, 0) is 4.79 Å². The van der Waals surface area contributed by atoms with Crippen molar-refractivity contribution >= 4 is 17.2 Å². The Hall–Kier alpha value is -0.830. The summed E-state index contributed by atoms with van der Waals surface area (Å²) in [5.74, 6) is 1.47. The highest BCUT2D eigenvalue weighted by atomic mass is 32.1. The molecule has 0 unspecified atom stereocenters. The third kappa shape index (κ3) is 3.02. The first-order valence-corrected chi connectivity index (χ1v) is 8.60. The summed E-state index contributed by atoms with van der Waals surface area (Å²) in [7, 11) is 0. The number of likely N-dealkylation sites (tertiary alicyclic amines) is 1. The Labute approximate surface area is 119 Å². The number of nitrogens with zero attached hydrogens (tertiary/aromatic N) is 1. The molecule has 104 valence electrons. The van der Waals surface area contributed by atoms with Crippen molar-refractivity contribution in [3.05, 3.63) is 22.4 Å². The number of carbonyl (C=O) groups is 1. The van der Waals surface area contributed by atoms with E-state index in [1.165, 1.54) is 24.8 Å². The van der Waals surface area contributed by atoms with Gasteiger partial charge < -0.3 is 4.90 Å². The molecule has 1 aromatic heterocycles. The van der Waals surface area contributed by atoms with Crippen LogP contribution in [0.15, 0.2) is 16.8 Å². The van der Waals surface area contributed by atoms with E-state index in [1.54, 1.807) is 11.3 Å². The lowest BCUT2D eigenvalue weighted by molar-refractivity contribution is -0.137. The van der Waals surface area contributed by atoms with Crippen LogP contribution in [0.2, 0.25) is 0 Å². The van der Waals surface area contributed by atoms with E-state index < -0.39 is 0 Å². The summed E-state index contributed by atoms with van der Waals surface area (Å²) in [6.07, 6.45) is 8.38. The van der Waals surface area contributed by atoms with E-state index in [-0.39, 0.29) is 0 Å². The lowest BCUT2D eigenvalue weighted by Crippen LogP contribution is -2.41. The fourth-order valence-electron chi connectivity index (χ4n) is 3.55. The van der Waals surface area contributed by atoms with Gasteiger partial charge in [0, 0.05) is 19.0 Å². The number of carbonyl (C=O) groups excluding carboxylic acids is 1. The van der Waals surface area contributed by atoms with Gasteiger partial charge in [0.1, 0.15) is 0 Å². The predicted octanol–water partition coefficient (Wildman–Crippen LogP) is 4.03. The van der Waals surface area contributed by atoms with Crippen LogP contribution >= 0.6 is 11.3 Å². The molecule has 1 aliphatic carbocycles. The normalized spacial score (nSPS) is 22.6. The number of thiophene rings is 1. The number of amides is 1. The van der Waals surface area contributed by atoms with Gasteiger partial charge in [-0.1, -0.05) is 19.3 Å². The molecule has 0 atom stereocenters. The molecule has 1 saturated carbocycles. The number of hydrogen-bond acceptors (Lipinski definition) is 2. The minimum absolute atomic E-state index is 0.339. The van der Waals surface area contributed by atoms with Gasteiger partial charge in [-0.15, -0.1) is 0 Å². The average molecular weight is 277 g/mol. The second kappa shape index (κ2) is 6.08. The lowest BCUT2D eigenvalue weighted by atomic mass is 9.86. The van der Waals surface area contributed by atoms with Gasteiger partial charge in [0.25, 0.3) is 0 Å². The summed E-state index contributed by atoms with van der Waals surface area (Å²) in [6, 6.07) is 2.24. The van der Waals surface area contributed by atoms with Crippen molar-refractivity contribution in [2.45, 2.75) is 50.9 Å². The van der Waals surface area contributed by atoms with Gasteiger partial charge in [-0.25, -0.2) is 0 Å². The number of hydrogen-bond donors (Lipinski definition) is 0. The van der Waals surface area contributed by atoms with Gasteiger partial charge in [-0.05, 0) is 54.0 Å². The van der Waals surface area contributed by atoms with Crippen molar-refractivity contribution in [2.24, 2.45) is 5.92 Å². The molecule has 0 radical (unpaired) electrons. The maximum absolute atomic E-state index is 12.5. The van der Waals surface area contributed by atoms with Gasteiger partial charge in [0.15, 0.2) is 0 Å². The van der Waals surface area contributed by atoms with Crippen molar-refractivity contribution in [3.8, 4) is 0 Å². The van der Waals surface area contributed by atoms with Crippen LogP contribution in [0.3, 0.4) is 0 Å². The quantitative estimate of drug-likeness (QED) is 0.799. The topological polar surface area (TPSA) is 20.3 Å². The average Bonchev–Trinajstić information content (AvgIpc) is 3.02. The van der Waals surface area contributed by atoms with Crippen LogP contribution in [0.25, 0.3) is 0 Å². The summed E-state index contributed by atoms with van der Waals surface area (Å²) < 4.78 is 0. The second-order valence-corrected chi connectivity index (χ2v) is 6.77. The second-order valence-electron chi connectivity index (χ2n) is 5.99. The molecule has 2 heterocycles. The Kier molecular flexibility index (Phi) is 4.21. The Morgan fingerprint density at radius 3 is 2.47 bits per heavy atom. The molecule has 0 N–H and O–H groups in total. The van der Waals surface area contributed by atoms with Crippen molar-refractivity contribution in [3.63, 3.8) is 0 Å². The zero-order valence-corrected chi connectivity index (χ0v) is 12.3. The number of piperidine rings is 1. The highest BCUT2D eigenvalue weighted by Crippen LogP contribution is 2.31. The molecule has 1 saturated heterocycles. The third-order valence-corrected chi connectivity index (χ3v) is 5.48. The van der Waals surface area contributed by atoms with Gasteiger partial charge in [0.2, 0.25) is 5.91 Å². The highest BCUT2D eigenvalue weighted by molar-refractivity contribution is 7.07. The van der Waals surface area contributed by atoms with Gasteiger partial charge >= 0.3 is 0 Å². The fourth-order valence-corrected chi connectivity index (χ4v) is 4.29. The largest absolute Gasteiger partial charge is 0.342 e. The Balaban J connectivity index is 1.53. The van der Waals surface area contributed by atoms with E-state index in [0.717, 1.165) is 38.8 Å². The summed E-state index contributed by atoms with van der Waals surface area (Å²) in [5, 5.41) is 4.43. The fraction of sp³-hybridized carbons (Fsp3) is 0.688. The molecule has 0 spiro atoms. The standard InChI is InChI=1S/C16H23NOS/c18-16(14-4-2-1-3-5-14)17-9-6-13(7-10-17)15-8-11-19-12-15/h8,11-14H,1-7,9-10H2. The Morgan fingerprint density at radius 2 is 1.84 bits per heavy atom. The van der Waals surface area contributed by atoms with Gasteiger partial charge in [-0.2, -0.15) is 11.3 Å². The zero-order chi connectivity index (χ0) is 13.1. The maximum Gasteiger partial charge on any atom is 0.225 e. The molecule has 0 aromatic carbocycles. The van der Waals surface area contributed by atoms with Crippen LogP contribution in [0.5, 0.6) is 0 Å². The van der Waals surface area contributed by atoms with E-state index in [1.807, 2.05) is 0 Å². The van der Waals surface area contributed by atoms with Crippen LogP contribution < -0.4 is 0 Å². The smallest absolute Gasteiger partial charge is 0.225 e. The molecule has 19 heavy (non-hydrogen) atoms. The van der Waals surface area contributed by atoms with E-state index >= 15 is 0 Å². The highest BCUT2D eigenvalue weighted by Gasteiger charge is 2.29. The predicted molar refractivity (Wildman–Crippen MR) is 79.4 cm³/mol. The van der Waals surface area contributed by atoms with E-state index in [2.05, 4.69) is 21.7 Å². The molecule has 3 heteroatoms. The van der Waals surface area contributed by atoms with Gasteiger partial charge in [-0.3, -0.25) is 4.79 Å². The molecule has 0 bridgehead atoms. The maximum atomic E-state index is 12.5. The monoisotopic (exact) mass is 277 g/mol. The Morgan fingerprint density at radius 1 is 1.11 bits per heavy atom. The summed E-state index contributed by atoms with van der Waals surface area (Å²) in [5.41, 5.74) is 1.48. The van der Waals surface area contributed by atoms with Crippen molar-refractivity contribution in [1.29, 1.82) is 0 Å². The minimum Gasteiger partial charge on any atom is -0.342 e. The molecular formula is C16H23NOS. The third-order valence-electron chi connectivity index (χ3n) is 4.78. The SMILES string of the molecule is O=C(C1CCCCC1)N1CCC(c2ccsc2)CC1. The molecule has 1 amide bonds. The molecule has 2 nitrogen and oxygen atoms in total. The van der Waals surface area contributed by atoms with Crippen LogP contribution in [-0.4, -0.2) is 23.9 Å². The van der Waals surface area contributed by atoms with Crippen LogP contribution in [0, 0.1) is 5.92 Å². The van der Waals surface area contributed by atoms with Crippen molar-refractivity contribution in [2.75, 3.05) is 13.1 Å². The summed E-state index contributed by atoms with van der Waals surface area (Å²) in [6.45, 7) is 1.94. The van der Waals surface area contributed by atoms with E-state index in [0.29, 0.717) is 17.7 Å². The molecule has 2 aliphatic rings. The first-order chi connectivity index (χ1) is 9.34. The van der Waals surface area contributed by atoms with Crippen LogP contribution in [0.1, 0.15) is 56.4 Å². The van der Waals surface area contributed by atoms with Gasteiger partial charge in [0.05, 0.1) is 0 Å². The Bertz CT molecular complexity index is 400. The molecule has 2 fully saturated rings. The molecule has 3 rings (SSSR count). The lowest BCUT2D eigenvalue weighted by Gasteiger charge is -2.35. The summed E-state index contributed by atoms with van der Waals surface area (Å²) in [4.78, 5) is 14.6. The number of rotatable bonds is 2. The first-order valence-electron chi connectivity index (χ1n) is 7.65. The van der Waals surface area contributed by atoms with E-state index in [9.17, 15) is 4.79 Å². The van der Waals surface area contributed by atoms with Crippen molar-refractivity contribution < 1.29 is 4.79 Å². The van der Waals surface area contributed by atoms with Crippen molar-refractivity contribution in [1.82, 2.24) is 4.90 Å². The summed E-state index contributed by atoms with van der Waals surface area (Å²) >= 11 is 1.78. The van der Waals surface area contributed by atoms with Crippen LogP contribution in [0.4, 0.5) is 0 Å². The zero-order valence-electron chi connectivity index (χ0n) is 11.5. The first kappa shape index (κ1) is 13.2. The molecular weight excluding hydrogens is 254 g/mol. The molecule has 1 aliphatic heterocycles. The minimum atomic E-state index is 0.339. The van der Waals surface area contributed by atoms with E-state index in [4.69, 9.17) is 0 Å².